The number of hydrogen-bond acceptors (Lipinski definition) is 4. The minimum absolute atomic E-state index is 0.0509. The number of carbonyl (C=O) groups excluding carboxylic acids is 1. The van der Waals surface area contributed by atoms with E-state index in [4.69, 9.17) is 4.74 Å². The highest BCUT2D eigenvalue weighted by Gasteiger charge is 2.15. The Morgan fingerprint density at radius 1 is 1.00 bits per heavy atom. The molecule has 0 radical (unpaired) electrons. The summed E-state index contributed by atoms with van der Waals surface area (Å²) in [4.78, 5) is 12.6. The number of phenolic OH excluding ortho intramolecular Hbond substituents is 2. The molecule has 0 unspecified atom stereocenters. The van der Waals surface area contributed by atoms with E-state index in [0.29, 0.717) is 12.0 Å². The van der Waals surface area contributed by atoms with Crippen LogP contribution in [-0.4, -0.2) is 23.1 Å². The average molecular weight is 342 g/mol. The Morgan fingerprint density at radius 3 is 2.36 bits per heavy atom. The highest BCUT2D eigenvalue weighted by Crippen LogP contribution is 2.30. The molecular weight excluding hydrogens is 316 g/mol. The third kappa shape index (κ3) is 5.24. The van der Waals surface area contributed by atoms with Crippen molar-refractivity contribution in [3.8, 4) is 17.2 Å². The van der Waals surface area contributed by atoms with Crippen LogP contribution in [0.25, 0.3) is 0 Å². The second-order valence-corrected chi connectivity index (χ2v) is 6.26. The zero-order valence-electron chi connectivity index (χ0n) is 14.9. The van der Waals surface area contributed by atoms with Crippen LogP contribution in [0.4, 0.5) is 0 Å². The van der Waals surface area contributed by atoms with E-state index in [1.807, 2.05) is 12.1 Å². The second kappa shape index (κ2) is 9.11. The zero-order chi connectivity index (χ0) is 18.2. The first-order chi connectivity index (χ1) is 12.0. The first-order valence-electron chi connectivity index (χ1n) is 8.76. The van der Waals surface area contributed by atoms with Crippen molar-refractivity contribution < 1.29 is 19.7 Å². The summed E-state index contributed by atoms with van der Waals surface area (Å²) in [5.41, 5.74) is 1.83. The maximum absolute atomic E-state index is 12.6. The van der Waals surface area contributed by atoms with Crippen LogP contribution < -0.4 is 4.74 Å². The van der Waals surface area contributed by atoms with E-state index in [2.05, 4.69) is 6.92 Å². The van der Waals surface area contributed by atoms with E-state index in [1.54, 1.807) is 25.3 Å². The molecular formula is C21H26O4. The number of phenols is 2. The number of aryl methyl sites for hydroxylation is 1. The fourth-order valence-corrected chi connectivity index (χ4v) is 2.81. The van der Waals surface area contributed by atoms with E-state index in [-0.39, 0.29) is 29.3 Å². The van der Waals surface area contributed by atoms with E-state index in [9.17, 15) is 15.0 Å². The number of ketones is 1. The van der Waals surface area contributed by atoms with Gasteiger partial charge in [-0.3, -0.25) is 4.79 Å². The number of rotatable bonds is 9. The zero-order valence-corrected chi connectivity index (χ0v) is 14.9. The molecule has 2 aromatic rings. The van der Waals surface area contributed by atoms with Crippen molar-refractivity contribution in [2.45, 2.75) is 45.4 Å². The highest BCUT2D eigenvalue weighted by molar-refractivity contribution is 6.00. The molecule has 0 aliphatic carbocycles. The van der Waals surface area contributed by atoms with Gasteiger partial charge in [0.15, 0.2) is 5.78 Å². The summed E-state index contributed by atoms with van der Waals surface area (Å²) in [6, 6.07) is 10.2. The molecule has 2 rings (SSSR count). The maximum Gasteiger partial charge on any atom is 0.170 e. The fraction of sp³-hybridized carbons (Fsp3) is 0.381. The third-order valence-electron chi connectivity index (χ3n) is 4.32. The van der Waals surface area contributed by atoms with Crippen molar-refractivity contribution >= 4 is 5.78 Å². The van der Waals surface area contributed by atoms with Gasteiger partial charge < -0.3 is 14.9 Å². The smallest absolute Gasteiger partial charge is 0.170 e. The molecule has 0 saturated heterocycles. The van der Waals surface area contributed by atoms with Gasteiger partial charge in [-0.1, -0.05) is 38.3 Å². The van der Waals surface area contributed by atoms with Gasteiger partial charge in [0.25, 0.3) is 0 Å². The molecule has 0 spiro atoms. The van der Waals surface area contributed by atoms with Gasteiger partial charge in [-0.05, 0) is 42.2 Å². The number of hydrogen-bond donors (Lipinski definition) is 2. The quantitative estimate of drug-likeness (QED) is 0.514. The van der Waals surface area contributed by atoms with Crippen LogP contribution in [0.1, 0.15) is 54.1 Å². The highest BCUT2D eigenvalue weighted by atomic mass is 16.5. The van der Waals surface area contributed by atoms with E-state index < -0.39 is 0 Å². The Balaban J connectivity index is 2.11. The van der Waals surface area contributed by atoms with Crippen LogP contribution in [-0.2, 0) is 12.8 Å². The monoisotopic (exact) mass is 342 g/mol. The van der Waals surface area contributed by atoms with Gasteiger partial charge in [-0.2, -0.15) is 0 Å². The molecule has 0 saturated carbocycles. The number of methoxy groups -OCH3 is 1. The van der Waals surface area contributed by atoms with Crippen LogP contribution in [0.3, 0.4) is 0 Å². The average Bonchev–Trinajstić information content (AvgIpc) is 2.60. The molecule has 4 nitrogen and oxygen atoms in total. The summed E-state index contributed by atoms with van der Waals surface area (Å²) in [5, 5.41) is 20.1. The molecule has 4 heteroatoms. The Bertz CT molecular complexity index is 705. The summed E-state index contributed by atoms with van der Waals surface area (Å²) in [6.45, 7) is 2.15. The van der Waals surface area contributed by atoms with Crippen LogP contribution in [0.5, 0.6) is 17.2 Å². The normalized spacial score (nSPS) is 10.6. The van der Waals surface area contributed by atoms with Crippen molar-refractivity contribution in [1.29, 1.82) is 0 Å². The SMILES string of the molecule is CCCCCCc1cc(C(=O)Cc2ccc(OC)cc2)c(O)cc1O. The fourth-order valence-electron chi connectivity index (χ4n) is 2.81. The maximum atomic E-state index is 12.6. The number of ether oxygens (including phenoxy) is 1. The largest absolute Gasteiger partial charge is 0.508 e. The van der Waals surface area contributed by atoms with Crippen molar-refractivity contribution in [3.63, 3.8) is 0 Å². The van der Waals surface area contributed by atoms with Crippen molar-refractivity contribution in [3.05, 3.63) is 53.1 Å². The predicted molar refractivity (Wildman–Crippen MR) is 98.6 cm³/mol. The van der Waals surface area contributed by atoms with Gasteiger partial charge in [0, 0.05) is 12.5 Å². The summed E-state index contributed by atoms with van der Waals surface area (Å²) >= 11 is 0. The van der Waals surface area contributed by atoms with Gasteiger partial charge in [-0.15, -0.1) is 0 Å². The standard InChI is InChI=1S/C21H26O4/c1-3-4-5-6-7-16-13-18(21(24)14-19(16)22)20(23)12-15-8-10-17(25-2)11-9-15/h8-11,13-14,22,24H,3-7,12H2,1-2H3. The summed E-state index contributed by atoms with van der Waals surface area (Å²) in [5.74, 6) is 0.443. The van der Waals surface area contributed by atoms with E-state index in [1.165, 1.54) is 6.07 Å². The molecule has 134 valence electrons. The molecule has 25 heavy (non-hydrogen) atoms. The number of aromatic hydroxyl groups is 2. The number of Topliss-reactive ketones (excluding diaryl/α,β-unsaturated/α-hetero) is 1. The molecule has 2 N–H and O–H groups in total. The lowest BCUT2D eigenvalue weighted by molar-refractivity contribution is 0.0990. The van der Waals surface area contributed by atoms with E-state index >= 15 is 0 Å². The van der Waals surface area contributed by atoms with Gasteiger partial charge in [-0.25, -0.2) is 0 Å². The van der Waals surface area contributed by atoms with Crippen molar-refractivity contribution in [2.24, 2.45) is 0 Å². The van der Waals surface area contributed by atoms with Crippen LogP contribution in [0.15, 0.2) is 36.4 Å². The molecule has 0 atom stereocenters. The van der Waals surface area contributed by atoms with Gasteiger partial charge in [0.2, 0.25) is 0 Å². The summed E-state index contributed by atoms with van der Waals surface area (Å²) < 4.78 is 5.11. The Hall–Kier alpha value is -2.49. The molecule has 0 fully saturated rings. The first-order valence-corrected chi connectivity index (χ1v) is 8.76. The van der Waals surface area contributed by atoms with Crippen LogP contribution in [0, 0.1) is 0 Å². The Morgan fingerprint density at radius 2 is 1.72 bits per heavy atom. The van der Waals surface area contributed by atoms with Gasteiger partial charge in [0.05, 0.1) is 12.7 Å². The minimum Gasteiger partial charge on any atom is -0.508 e. The lowest BCUT2D eigenvalue weighted by Crippen LogP contribution is -2.05. The summed E-state index contributed by atoms with van der Waals surface area (Å²) in [6.07, 6.45) is 5.24. The molecule has 2 aromatic carbocycles. The first kappa shape index (κ1) is 18.8. The van der Waals surface area contributed by atoms with Crippen LogP contribution >= 0.6 is 0 Å². The van der Waals surface area contributed by atoms with Gasteiger partial charge >= 0.3 is 0 Å². The minimum atomic E-state index is -0.173. The van der Waals surface area contributed by atoms with E-state index in [0.717, 1.165) is 37.0 Å². The Kier molecular flexibility index (Phi) is 6.87. The lowest BCUT2D eigenvalue weighted by atomic mass is 9.97. The second-order valence-electron chi connectivity index (χ2n) is 6.26. The predicted octanol–water partition coefficient (Wildman–Crippen LogP) is 4.65. The molecule has 0 heterocycles. The third-order valence-corrected chi connectivity index (χ3v) is 4.32. The number of carbonyl (C=O) groups is 1. The number of unbranched alkanes of at least 4 members (excludes halogenated alkanes) is 3. The molecule has 0 aliphatic heterocycles. The number of benzene rings is 2. The van der Waals surface area contributed by atoms with Crippen LogP contribution in [0.2, 0.25) is 0 Å². The van der Waals surface area contributed by atoms with Gasteiger partial charge in [0.1, 0.15) is 17.2 Å². The molecule has 0 aliphatic rings. The lowest BCUT2D eigenvalue weighted by Gasteiger charge is -2.10. The molecule has 0 bridgehead atoms. The molecule has 0 aromatic heterocycles. The van der Waals surface area contributed by atoms with Crippen molar-refractivity contribution in [1.82, 2.24) is 0 Å². The van der Waals surface area contributed by atoms with Crippen molar-refractivity contribution in [2.75, 3.05) is 7.11 Å². The molecule has 0 amide bonds. The Labute approximate surface area is 149 Å². The topological polar surface area (TPSA) is 66.8 Å². The summed E-state index contributed by atoms with van der Waals surface area (Å²) in [7, 11) is 1.59.